The molecule has 1 aliphatic heterocycles. The number of rotatable bonds is 2. The van der Waals surface area contributed by atoms with Crippen molar-refractivity contribution < 1.29 is 20.1 Å². The molecule has 5 nitrogen and oxygen atoms in total. The van der Waals surface area contributed by atoms with Gasteiger partial charge in [0.15, 0.2) is 0 Å². The van der Waals surface area contributed by atoms with E-state index in [2.05, 4.69) is 4.98 Å². The van der Waals surface area contributed by atoms with Gasteiger partial charge in [0.25, 0.3) is 0 Å². The van der Waals surface area contributed by atoms with Gasteiger partial charge in [-0.05, 0) is 12.1 Å². The maximum absolute atomic E-state index is 9.69. The molecule has 0 radical (unpaired) electrons. The molecule has 1 aromatic rings. The molecule has 5 heteroatoms. The second-order valence-electron chi connectivity index (χ2n) is 3.51. The SMILES string of the molecule is OC[C@H]1O[C@H](c2ccccn2)[C@H](O)[C@@H]1O. The number of hydrogen-bond acceptors (Lipinski definition) is 5. The highest BCUT2D eigenvalue weighted by Crippen LogP contribution is 2.31. The molecule has 0 unspecified atom stereocenters. The fourth-order valence-corrected chi connectivity index (χ4v) is 1.69. The molecule has 4 atom stereocenters. The number of pyridine rings is 1. The summed E-state index contributed by atoms with van der Waals surface area (Å²) in [6, 6.07) is 5.24. The topological polar surface area (TPSA) is 82.8 Å². The number of aliphatic hydroxyl groups is 3. The highest BCUT2D eigenvalue weighted by Gasteiger charge is 2.43. The summed E-state index contributed by atoms with van der Waals surface area (Å²) in [7, 11) is 0. The normalized spacial score (nSPS) is 35.7. The van der Waals surface area contributed by atoms with Crippen molar-refractivity contribution in [3.8, 4) is 0 Å². The summed E-state index contributed by atoms with van der Waals surface area (Å²) >= 11 is 0. The summed E-state index contributed by atoms with van der Waals surface area (Å²) in [5, 5.41) is 28.1. The standard InChI is InChI=1S/C10H13NO4/c12-5-7-8(13)9(14)10(15-7)6-3-1-2-4-11-6/h1-4,7-10,12-14H,5H2/t7-,8-,9-,10-/m1/s1. The molecule has 1 aromatic heterocycles. The molecule has 0 saturated carbocycles. The predicted octanol–water partition coefficient (Wildman–Crippen LogP) is -0.764. The number of aliphatic hydroxyl groups excluding tert-OH is 3. The zero-order valence-corrected chi connectivity index (χ0v) is 8.02. The van der Waals surface area contributed by atoms with Gasteiger partial charge in [-0.25, -0.2) is 0 Å². The maximum Gasteiger partial charge on any atom is 0.128 e. The van der Waals surface area contributed by atoms with Gasteiger partial charge >= 0.3 is 0 Å². The lowest BCUT2D eigenvalue weighted by Crippen LogP contribution is -2.32. The Kier molecular flexibility index (Phi) is 2.97. The Morgan fingerprint density at radius 2 is 2.07 bits per heavy atom. The minimum absolute atomic E-state index is 0.318. The van der Waals surface area contributed by atoms with Crippen LogP contribution in [-0.4, -0.2) is 45.2 Å². The van der Waals surface area contributed by atoms with Crippen molar-refractivity contribution in [3.63, 3.8) is 0 Å². The molecule has 0 aromatic carbocycles. The first kappa shape index (κ1) is 10.5. The Hall–Kier alpha value is -1.01. The van der Waals surface area contributed by atoms with Crippen LogP contribution in [-0.2, 0) is 4.74 Å². The van der Waals surface area contributed by atoms with Crippen LogP contribution in [0.5, 0.6) is 0 Å². The van der Waals surface area contributed by atoms with Crippen LogP contribution in [0.3, 0.4) is 0 Å². The van der Waals surface area contributed by atoms with E-state index in [4.69, 9.17) is 9.84 Å². The van der Waals surface area contributed by atoms with Gasteiger partial charge in [-0.3, -0.25) is 4.98 Å². The number of hydrogen-bond donors (Lipinski definition) is 3. The summed E-state index contributed by atoms with van der Waals surface area (Å²) in [4.78, 5) is 4.04. The maximum atomic E-state index is 9.69. The lowest BCUT2D eigenvalue weighted by Gasteiger charge is -2.13. The van der Waals surface area contributed by atoms with Crippen LogP contribution < -0.4 is 0 Å². The smallest absolute Gasteiger partial charge is 0.128 e. The van der Waals surface area contributed by atoms with Gasteiger partial charge in [0.05, 0.1) is 12.3 Å². The van der Waals surface area contributed by atoms with E-state index in [1.165, 1.54) is 0 Å². The second kappa shape index (κ2) is 4.24. The van der Waals surface area contributed by atoms with E-state index in [0.29, 0.717) is 5.69 Å². The van der Waals surface area contributed by atoms with Gasteiger partial charge in [-0.15, -0.1) is 0 Å². The Balaban J connectivity index is 2.19. The van der Waals surface area contributed by atoms with Crippen molar-refractivity contribution >= 4 is 0 Å². The van der Waals surface area contributed by atoms with Gasteiger partial charge in [0, 0.05) is 6.20 Å². The van der Waals surface area contributed by atoms with Gasteiger partial charge < -0.3 is 20.1 Å². The molecule has 2 heterocycles. The van der Waals surface area contributed by atoms with Crippen LogP contribution >= 0.6 is 0 Å². The highest BCUT2D eigenvalue weighted by molar-refractivity contribution is 5.11. The molecule has 1 fully saturated rings. The van der Waals surface area contributed by atoms with Gasteiger partial charge in [-0.1, -0.05) is 6.07 Å². The van der Waals surface area contributed by atoms with Crippen LogP contribution in [0.4, 0.5) is 0 Å². The van der Waals surface area contributed by atoms with E-state index in [-0.39, 0.29) is 6.61 Å². The van der Waals surface area contributed by atoms with Gasteiger partial charge in [-0.2, -0.15) is 0 Å². The summed E-state index contributed by atoms with van der Waals surface area (Å²) < 4.78 is 5.31. The van der Waals surface area contributed by atoms with Crippen LogP contribution in [0.25, 0.3) is 0 Å². The molecule has 1 saturated heterocycles. The molecule has 82 valence electrons. The van der Waals surface area contributed by atoms with E-state index in [1.807, 2.05) is 0 Å². The summed E-state index contributed by atoms with van der Waals surface area (Å²) in [5.41, 5.74) is 0.556. The van der Waals surface area contributed by atoms with E-state index >= 15 is 0 Å². The predicted molar refractivity (Wildman–Crippen MR) is 51.0 cm³/mol. The summed E-state index contributed by atoms with van der Waals surface area (Å²) in [6.45, 7) is -0.318. The number of aromatic nitrogens is 1. The second-order valence-corrected chi connectivity index (χ2v) is 3.51. The molecule has 15 heavy (non-hydrogen) atoms. The van der Waals surface area contributed by atoms with Crippen molar-refractivity contribution in [2.24, 2.45) is 0 Å². The average molecular weight is 211 g/mol. The first-order valence-corrected chi connectivity index (χ1v) is 4.77. The number of nitrogens with zero attached hydrogens (tertiary/aromatic N) is 1. The monoisotopic (exact) mass is 211 g/mol. The van der Waals surface area contributed by atoms with Crippen molar-refractivity contribution in [1.82, 2.24) is 4.98 Å². The van der Waals surface area contributed by atoms with Crippen LogP contribution in [0.2, 0.25) is 0 Å². The lowest BCUT2D eigenvalue weighted by atomic mass is 10.1. The van der Waals surface area contributed by atoms with Crippen LogP contribution in [0, 0.1) is 0 Å². The highest BCUT2D eigenvalue weighted by atomic mass is 16.6. The minimum Gasteiger partial charge on any atom is -0.394 e. The van der Waals surface area contributed by atoms with E-state index in [1.54, 1.807) is 24.4 Å². The summed E-state index contributed by atoms with van der Waals surface area (Å²) in [6.07, 6.45) is -1.94. The Morgan fingerprint density at radius 1 is 1.27 bits per heavy atom. The first-order valence-electron chi connectivity index (χ1n) is 4.77. The van der Waals surface area contributed by atoms with Crippen molar-refractivity contribution in [2.45, 2.75) is 24.4 Å². The molecule has 2 rings (SSSR count). The van der Waals surface area contributed by atoms with Gasteiger partial charge in [0.2, 0.25) is 0 Å². The van der Waals surface area contributed by atoms with E-state index in [0.717, 1.165) is 0 Å². The van der Waals surface area contributed by atoms with E-state index in [9.17, 15) is 10.2 Å². The Morgan fingerprint density at radius 3 is 2.60 bits per heavy atom. The third kappa shape index (κ3) is 1.87. The molecular weight excluding hydrogens is 198 g/mol. The van der Waals surface area contributed by atoms with E-state index < -0.39 is 24.4 Å². The van der Waals surface area contributed by atoms with Crippen molar-refractivity contribution in [3.05, 3.63) is 30.1 Å². The van der Waals surface area contributed by atoms with Gasteiger partial charge in [0.1, 0.15) is 24.4 Å². The summed E-state index contributed by atoms with van der Waals surface area (Å²) in [5.74, 6) is 0. The molecule has 0 amide bonds. The third-order valence-corrected chi connectivity index (χ3v) is 2.52. The van der Waals surface area contributed by atoms with Crippen LogP contribution in [0.15, 0.2) is 24.4 Å². The average Bonchev–Trinajstić information content (AvgIpc) is 2.57. The lowest BCUT2D eigenvalue weighted by molar-refractivity contribution is -0.0239. The minimum atomic E-state index is -1.07. The molecule has 0 bridgehead atoms. The van der Waals surface area contributed by atoms with Crippen molar-refractivity contribution in [2.75, 3.05) is 6.61 Å². The van der Waals surface area contributed by atoms with Crippen LogP contribution in [0.1, 0.15) is 11.8 Å². The zero-order valence-electron chi connectivity index (χ0n) is 8.02. The zero-order chi connectivity index (χ0) is 10.8. The quantitative estimate of drug-likeness (QED) is 0.598. The third-order valence-electron chi connectivity index (χ3n) is 2.52. The molecule has 0 spiro atoms. The molecule has 3 N–H and O–H groups in total. The molecule has 1 aliphatic rings. The Bertz CT molecular complexity index is 318. The first-order chi connectivity index (χ1) is 7.24. The molecular formula is C10H13NO4. The van der Waals surface area contributed by atoms with Crippen molar-refractivity contribution in [1.29, 1.82) is 0 Å². The molecule has 0 aliphatic carbocycles. The fourth-order valence-electron chi connectivity index (χ4n) is 1.69. The number of ether oxygens (including phenoxy) is 1. The largest absolute Gasteiger partial charge is 0.394 e. The fraction of sp³-hybridized carbons (Fsp3) is 0.500. The Labute approximate surface area is 87.0 Å².